The summed E-state index contributed by atoms with van der Waals surface area (Å²) in [5.41, 5.74) is 0.520. The van der Waals surface area contributed by atoms with Crippen molar-refractivity contribution < 1.29 is 22.8 Å². The second-order valence-electron chi connectivity index (χ2n) is 6.43. The summed E-state index contributed by atoms with van der Waals surface area (Å²) in [6, 6.07) is 6.28. The zero-order valence-corrected chi connectivity index (χ0v) is 14.7. The van der Waals surface area contributed by atoms with E-state index < -0.39 is 12.7 Å². The van der Waals surface area contributed by atoms with Gasteiger partial charge >= 0.3 is 6.18 Å². The van der Waals surface area contributed by atoms with Crippen molar-refractivity contribution in [3.63, 3.8) is 0 Å². The molecule has 1 heterocycles. The molecule has 1 fully saturated rings. The minimum atomic E-state index is -4.35. The van der Waals surface area contributed by atoms with Crippen molar-refractivity contribution in [3.8, 4) is 0 Å². The van der Waals surface area contributed by atoms with Gasteiger partial charge in [-0.25, -0.2) is 0 Å². The maximum atomic E-state index is 12.5. The lowest BCUT2D eigenvalue weighted by atomic mass is 9.96. The summed E-state index contributed by atoms with van der Waals surface area (Å²) in [6.07, 6.45) is -1.75. The van der Waals surface area contributed by atoms with E-state index in [-0.39, 0.29) is 23.4 Å². The number of anilines is 2. The number of rotatable bonds is 6. The predicted molar refractivity (Wildman–Crippen MR) is 93.8 cm³/mol. The van der Waals surface area contributed by atoms with Crippen molar-refractivity contribution in [1.82, 2.24) is 4.90 Å². The Hall–Kier alpha value is -2.25. The minimum absolute atomic E-state index is 0.0391. The van der Waals surface area contributed by atoms with Crippen LogP contribution in [0.5, 0.6) is 0 Å². The van der Waals surface area contributed by atoms with Crippen LogP contribution in [0, 0.1) is 5.92 Å². The fourth-order valence-corrected chi connectivity index (χ4v) is 2.97. The number of carbonyl (C=O) groups excluding carboxylic acids is 2. The normalized spacial score (nSPS) is 17.7. The Morgan fingerprint density at radius 1 is 1.23 bits per heavy atom. The van der Waals surface area contributed by atoms with Gasteiger partial charge in [-0.2, -0.15) is 13.2 Å². The topological polar surface area (TPSA) is 61.4 Å². The van der Waals surface area contributed by atoms with Gasteiger partial charge in [0.05, 0.1) is 17.3 Å². The number of amides is 2. The summed E-state index contributed by atoms with van der Waals surface area (Å²) in [6.45, 7) is 1.74. The fraction of sp³-hybridized carbons (Fsp3) is 0.556. The van der Waals surface area contributed by atoms with Gasteiger partial charge in [-0.1, -0.05) is 19.1 Å². The number of likely N-dealkylation sites (tertiary alicyclic amines) is 1. The Balaban J connectivity index is 2.00. The van der Waals surface area contributed by atoms with Gasteiger partial charge in [-0.15, -0.1) is 0 Å². The van der Waals surface area contributed by atoms with Crippen molar-refractivity contribution in [2.75, 3.05) is 30.3 Å². The summed E-state index contributed by atoms with van der Waals surface area (Å²) < 4.78 is 37.3. The van der Waals surface area contributed by atoms with Crippen LogP contribution in [0.2, 0.25) is 0 Å². The molecule has 0 aromatic heterocycles. The number of halogens is 3. The lowest BCUT2D eigenvalue weighted by Gasteiger charge is -2.32. The first-order valence-corrected chi connectivity index (χ1v) is 8.78. The average Bonchev–Trinajstić information content (AvgIpc) is 2.60. The van der Waals surface area contributed by atoms with Crippen LogP contribution >= 0.6 is 0 Å². The van der Waals surface area contributed by atoms with Crippen molar-refractivity contribution in [1.29, 1.82) is 0 Å². The summed E-state index contributed by atoms with van der Waals surface area (Å²) in [5, 5.41) is 5.00. The number of hydrogen-bond acceptors (Lipinski definition) is 3. The number of benzene rings is 1. The standard InChI is InChI=1S/C18H24F3N3O2/c1-2-6-16(25)24-10-5-7-13(11-24)17(26)23-15-9-4-3-8-14(15)22-12-18(19,20)21/h3-4,8-9,13,22H,2,5-7,10-12H2,1H3,(H,23,26). The smallest absolute Gasteiger partial charge is 0.375 e. The third-order valence-electron chi connectivity index (χ3n) is 4.27. The SMILES string of the molecule is CCCC(=O)N1CCCC(C(=O)Nc2ccccc2NCC(F)(F)F)C1. The molecule has 2 amide bonds. The van der Waals surface area contributed by atoms with Gasteiger partial charge in [-0.05, 0) is 31.4 Å². The van der Waals surface area contributed by atoms with E-state index in [4.69, 9.17) is 0 Å². The number of hydrogen-bond donors (Lipinski definition) is 2. The number of para-hydroxylation sites is 2. The van der Waals surface area contributed by atoms with Gasteiger partial charge in [0.2, 0.25) is 11.8 Å². The van der Waals surface area contributed by atoms with E-state index >= 15 is 0 Å². The Kier molecular flexibility index (Phi) is 6.88. The quantitative estimate of drug-likeness (QED) is 0.803. The lowest BCUT2D eigenvalue weighted by molar-refractivity contribution is -0.134. The Bertz CT molecular complexity index is 634. The van der Waals surface area contributed by atoms with E-state index in [0.29, 0.717) is 31.6 Å². The molecule has 26 heavy (non-hydrogen) atoms. The highest BCUT2D eigenvalue weighted by Gasteiger charge is 2.29. The van der Waals surface area contributed by atoms with Crippen molar-refractivity contribution in [2.24, 2.45) is 5.92 Å². The van der Waals surface area contributed by atoms with Crippen LogP contribution in [0.25, 0.3) is 0 Å². The number of piperidine rings is 1. The molecular formula is C18H24F3N3O2. The first-order valence-electron chi connectivity index (χ1n) is 8.78. The number of carbonyl (C=O) groups is 2. The molecule has 2 N–H and O–H groups in total. The van der Waals surface area contributed by atoms with Crippen LogP contribution in [0.15, 0.2) is 24.3 Å². The van der Waals surface area contributed by atoms with E-state index in [9.17, 15) is 22.8 Å². The average molecular weight is 371 g/mol. The molecule has 0 saturated carbocycles. The Labute approximate surface area is 150 Å². The van der Waals surface area contributed by atoms with Crippen molar-refractivity contribution in [3.05, 3.63) is 24.3 Å². The molecule has 1 saturated heterocycles. The van der Waals surface area contributed by atoms with Crippen LogP contribution < -0.4 is 10.6 Å². The van der Waals surface area contributed by atoms with Crippen LogP contribution in [-0.4, -0.2) is 42.5 Å². The van der Waals surface area contributed by atoms with Crippen LogP contribution in [-0.2, 0) is 9.59 Å². The van der Waals surface area contributed by atoms with E-state index in [1.54, 1.807) is 23.1 Å². The van der Waals surface area contributed by atoms with Crippen molar-refractivity contribution in [2.45, 2.75) is 38.8 Å². The monoisotopic (exact) mass is 371 g/mol. The summed E-state index contributed by atoms with van der Waals surface area (Å²) >= 11 is 0. The third kappa shape index (κ3) is 5.93. The molecule has 0 radical (unpaired) electrons. The molecule has 8 heteroatoms. The molecule has 144 valence electrons. The highest BCUT2D eigenvalue weighted by Crippen LogP contribution is 2.26. The van der Waals surface area contributed by atoms with Gasteiger partial charge in [0.15, 0.2) is 0 Å². The molecule has 0 bridgehead atoms. The van der Waals surface area contributed by atoms with Crippen LogP contribution in [0.1, 0.15) is 32.6 Å². The first-order chi connectivity index (χ1) is 12.3. The summed E-state index contributed by atoms with van der Waals surface area (Å²) in [4.78, 5) is 26.3. The molecule has 1 aliphatic rings. The number of nitrogens with zero attached hydrogens (tertiary/aromatic N) is 1. The molecule has 2 rings (SSSR count). The molecule has 1 aliphatic heterocycles. The molecular weight excluding hydrogens is 347 g/mol. The number of alkyl halides is 3. The van der Waals surface area contributed by atoms with Gasteiger partial charge in [0.1, 0.15) is 6.54 Å². The molecule has 1 aromatic rings. The molecule has 1 unspecified atom stereocenters. The summed E-state index contributed by atoms with van der Waals surface area (Å²) in [5.74, 6) is -0.599. The molecule has 1 atom stereocenters. The van der Waals surface area contributed by atoms with Gasteiger partial charge in [0, 0.05) is 19.5 Å². The maximum Gasteiger partial charge on any atom is 0.405 e. The highest BCUT2D eigenvalue weighted by atomic mass is 19.4. The first kappa shape index (κ1) is 20.1. The zero-order valence-electron chi connectivity index (χ0n) is 14.7. The minimum Gasteiger partial charge on any atom is -0.375 e. The Morgan fingerprint density at radius 2 is 1.92 bits per heavy atom. The van der Waals surface area contributed by atoms with Gasteiger partial charge in [-0.3, -0.25) is 9.59 Å². The maximum absolute atomic E-state index is 12.5. The molecule has 0 spiro atoms. The molecule has 1 aromatic carbocycles. The van der Waals surface area contributed by atoms with Crippen LogP contribution in [0.4, 0.5) is 24.5 Å². The van der Waals surface area contributed by atoms with Crippen molar-refractivity contribution >= 4 is 23.2 Å². The van der Waals surface area contributed by atoms with E-state index in [1.165, 1.54) is 6.07 Å². The van der Waals surface area contributed by atoms with Gasteiger partial charge < -0.3 is 15.5 Å². The molecule has 0 aliphatic carbocycles. The van der Waals surface area contributed by atoms with E-state index in [1.807, 2.05) is 6.92 Å². The molecule has 5 nitrogen and oxygen atoms in total. The second-order valence-corrected chi connectivity index (χ2v) is 6.43. The Morgan fingerprint density at radius 3 is 2.58 bits per heavy atom. The highest BCUT2D eigenvalue weighted by molar-refractivity contribution is 5.96. The lowest BCUT2D eigenvalue weighted by Crippen LogP contribution is -2.43. The predicted octanol–water partition coefficient (Wildman–Crippen LogP) is 3.64. The van der Waals surface area contributed by atoms with E-state index in [0.717, 1.165) is 12.8 Å². The second kappa shape index (κ2) is 8.91. The summed E-state index contributed by atoms with van der Waals surface area (Å²) in [7, 11) is 0. The van der Waals surface area contributed by atoms with Gasteiger partial charge in [0.25, 0.3) is 0 Å². The zero-order chi connectivity index (χ0) is 19.2. The largest absolute Gasteiger partial charge is 0.405 e. The fourth-order valence-electron chi connectivity index (χ4n) is 2.97. The number of nitrogens with one attached hydrogen (secondary N) is 2. The van der Waals surface area contributed by atoms with E-state index in [2.05, 4.69) is 10.6 Å². The van der Waals surface area contributed by atoms with Crippen LogP contribution in [0.3, 0.4) is 0 Å². The third-order valence-corrected chi connectivity index (χ3v) is 4.27.